The van der Waals surface area contributed by atoms with Crippen LogP contribution in [0.25, 0.3) is 22.2 Å². The van der Waals surface area contributed by atoms with Crippen LogP contribution in [0.2, 0.25) is 0 Å². The summed E-state index contributed by atoms with van der Waals surface area (Å²) in [5.74, 6) is -0.0601. The first-order chi connectivity index (χ1) is 15.2. The number of nitrogens with zero attached hydrogens (tertiary/aromatic N) is 3. The van der Waals surface area contributed by atoms with Crippen LogP contribution in [-0.2, 0) is 11.2 Å². The number of likely N-dealkylation sites (tertiary alicyclic amines) is 1. The third-order valence-electron chi connectivity index (χ3n) is 6.30. The number of aromatic nitrogens is 3. The highest BCUT2D eigenvalue weighted by molar-refractivity contribution is 5.91. The highest BCUT2D eigenvalue weighted by atomic mass is 19.1. The van der Waals surface area contributed by atoms with Crippen molar-refractivity contribution in [3.05, 3.63) is 78.6 Å². The molecule has 1 saturated heterocycles. The molecule has 1 aliphatic rings. The number of benzene rings is 2. The van der Waals surface area contributed by atoms with Crippen LogP contribution in [-0.4, -0.2) is 38.4 Å². The molecule has 0 spiro atoms. The highest BCUT2D eigenvalue weighted by Gasteiger charge is 2.24. The first-order valence-corrected chi connectivity index (χ1v) is 10.8. The number of hydrogen-bond acceptors (Lipinski definition) is 2. The van der Waals surface area contributed by atoms with Crippen molar-refractivity contribution < 1.29 is 9.18 Å². The standard InChI is InChI=1S/C25H25FN4O/c26-19-7-5-18(6-8-19)25-22(21-3-1-2-4-23(21)28-25)9-10-24(31)29-14-11-20(12-15-29)30-16-13-27-17-30/h1-8,13,16-17,20,28H,9-12,14-15H2. The van der Waals surface area contributed by atoms with Crippen molar-refractivity contribution in [2.75, 3.05) is 13.1 Å². The van der Waals surface area contributed by atoms with Crippen molar-refractivity contribution in [1.82, 2.24) is 19.4 Å². The number of fused-ring (bicyclic) bond motifs is 1. The van der Waals surface area contributed by atoms with Gasteiger partial charge in [-0.3, -0.25) is 4.79 Å². The van der Waals surface area contributed by atoms with Gasteiger partial charge in [0.25, 0.3) is 0 Å². The normalized spacial score (nSPS) is 14.9. The molecule has 4 aromatic rings. The molecule has 0 radical (unpaired) electrons. The third kappa shape index (κ3) is 3.98. The average Bonchev–Trinajstić information content (AvgIpc) is 3.46. The zero-order chi connectivity index (χ0) is 21.2. The van der Waals surface area contributed by atoms with Gasteiger partial charge < -0.3 is 14.5 Å². The summed E-state index contributed by atoms with van der Waals surface area (Å²) in [5, 5.41) is 1.12. The van der Waals surface area contributed by atoms with E-state index in [-0.39, 0.29) is 11.7 Å². The monoisotopic (exact) mass is 416 g/mol. The van der Waals surface area contributed by atoms with E-state index in [9.17, 15) is 9.18 Å². The Morgan fingerprint density at radius 1 is 1.10 bits per heavy atom. The van der Waals surface area contributed by atoms with Gasteiger partial charge in [0.15, 0.2) is 0 Å². The Morgan fingerprint density at radius 2 is 1.87 bits per heavy atom. The van der Waals surface area contributed by atoms with Gasteiger partial charge >= 0.3 is 0 Å². The average molecular weight is 417 g/mol. The maximum atomic E-state index is 13.4. The van der Waals surface area contributed by atoms with Crippen molar-refractivity contribution in [3.63, 3.8) is 0 Å². The van der Waals surface area contributed by atoms with E-state index in [4.69, 9.17) is 0 Å². The molecule has 5 nitrogen and oxygen atoms in total. The van der Waals surface area contributed by atoms with Crippen molar-refractivity contribution in [2.45, 2.75) is 31.7 Å². The maximum absolute atomic E-state index is 13.4. The SMILES string of the molecule is O=C(CCc1c(-c2ccc(F)cc2)[nH]c2ccccc12)N1CCC(n2ccnc2)CC1. The Morgan fingerprint density at radius 3 is 2.61 bits per heavy atom. The van der Waals surface area contributed by atoms with Crippen LogP contribution in [0.3, 0.4) is 0 Å². The van der Waals surface area contributed by atoms with Crippen LogP contribution in [0.5, 0.6) is 0 Å². The molecule has 1 aliphatic heterocycles. The van der Waals surface area contributed by atoms with Crippen molar-refractivity contribution >= 4 is 16.8 Å². The second-order valence-corrected chi connectivity index (χ2v) is 8.15. The van der Waals surface area contributed by atoms with Gasteiger partial charge in [-0.05, 0) is 60.7 Å². The van der Waals surface area contributed by atoms with E-state index < -0.39 is 0 Å². The van der Waals surface area contributed by atoms with Crippen molar-refractivity contribution in [3.8, 4) is 11.3 Å². The first kappa shape index (κ1) is 19.5. The van der Waals surface area contributed by atoms with Gasteiger partial charge in [-0.25, -0.2) is 9.37 Å². The van der Waals surface area contributed by atoms with Crippen molar-refractivity contribution in [2.24, 2.45) is 0 Å². The van der Waals surface area contributed by atoms with Gasteiger partial charge in [0.05, 0.1) is 6.33 Å². The zero-order valence-electron chi connectivity index (χ0n) is 17.3. The number of aryl methyl sites for hydroxylation is 1. The van der Waals surface area contributed by atoms with Crippen LogP contribution >= 0.6 is 0 Å². The van der Waals surface area contributed by atoms with E-state index in [2.05, 4.69) is 20.6 Å². The second kappa shape index (κ2) is 8.38. The van der Waals surface area contributed by atoms with E-state index in [0.29, 0.717) is 18.9 Å². The van der Waals surface area contributed by atoms with Crippen molar-refractivity contribution in [1.29, 1.82) is 0 Å². The maximum Gasteiger partial charge on any atom is 0.222 e. The Hall–Kier alpha value is -3.41. The summed E-state index contributed by atoms with van der Waals surface area (Å²) in [7, 11) is 0. The molecule has 5 rings (SSSR count). The molecular formula is C25H25FN4O. The smallest absolute Gasteiger partial charge is 0.222 e. The second-order valence-electron chi connectivity index (χ2n) is 8.15. The zero-order valence-corrected chi connectivity index (χ0v) is 17.3. The molecule has 6 heteroatoms. The van der Waals surface area contributed by atoms with Gasteiger partial charge in [0, 0.05) is 54.5 Å². The first-order valence-electron chi connectivity index (χ1n) is 10.8. The summed E-state index contributed by atoms with van der Waals surface area (Å²) >= 11 is 0. The lowest BCUT2D eigenvalue weighted by Gasteiger charge is -2.32. The number of carbonyl (C=O) groups is 1. The molecule has 0 atom stereocenters. The fourth-order valence-corrected chi connectivity index (χ4v) is 4.61. The summed E-state index contributed by atoms with van der Waals surface area (Å²) in [6, 6.07) is 15.1. The molecule has 0 saturated carbocycles. The molecule has 0 aliphatic carbocycles. The Balaban J connectivity index is 1.31. The summed E-state index contributed by atoms with van der Waals surface area (Å²) in [6.45, 7) is 1.56. The number of rotatable bonds is 5. The fourth-order valence-electron chi connectivity index (χ4n) is 4.61. The molecule has 3 heterocycles. The van der Waals surface area contributed by atoms with E-state index in [1.54, 1.807) is 18.3 Å². The molecule has 2 aromatic heterocycles. The molecule has 0 bridgehead atoms. The number of nitrogens with one attached hydrogen (secondary N) is 1. The van der Waals surface area contributed by atoms with E-state index in [1.165, 1.54) is 12.1 Å². The number of carbonyl (C=O) groups excluding carboxylic acids is 1. The quantitative estimate of drug-likeness (QED) is 0.500. The number of piperidine rings is 1. The summed E-state index contributed by atoms with van der Waals surface area (Å²) in [5.41, 5.74) is 4.04. The van der Waals surface area contributed by atoms with Gasteiger partial charge in [-0.15, -0.1) is 0 Å². The van der Waals surface area contributed by atoms with Gasteiger partial charge in [0.2, 0.25) is 5.91 Å². The number of amides is 1. The lowest BCUT2D eigenvalue weighted by Crippen LogP contribution is -2.39. The van der Waals surface area contributed by atoms with Gasteiger partial charge in [-0.2, -0.15) is 0 Å². The molecule has 1 fully saturated rings. The Kier molecular flexibility index (Phi) is 5.28. The molecule has 31 heavy (non-hydrogen) atoms. The minimum atomic E-state index is -0.254. The van der Waals surface area contributed by atoms with Crippen LogP contribution in [0.15, 0.2) is 67.3 Å². The number of H-pyrrole nitrogens is 1. The minimum Gasteiger partial charge on any atom is -0.354 e. The number of para-hydroxylation sites is 1. The summed E-state index contributed by atoms with van der Waals surface area (Å²) < 4.78 is 15.6. The van der Waals surface area contributed by atoms with Crippen LogP contribution in [0.4, 0.5) is 4.39 Å². The Labute approximate surface area is 180 Å². The van der Waals surface area contributed by atoms with Crippen LogP contribution < -0.4 is 0 Å². The van der Waals surface area contributed by atoms with Gasteiger partial charge in [-0.1, -0.05) is 18.2 Å². The summed E-state index contributed by atoms with van der Waals surface area (Å²) in [4.78, 5) is 22.5. The van der Waals surface area contributed by atoms with Gasteiger partial charge in [0.1, 0.15) is 5.82 Å². The number of imidazole rings is 1. The molecular weight excluding hydrogens is 391 g/mol. The molecule has 0 unspecified atom stereocenters. The predicted molar refractivity (Wildman–Crippen MR) is 119 cm³/mol. The largest absolute Gasteiger partial charge is 0.354 e. The Bertz CT molecular complexity index is 1170. The molecule has 1 N–H and O–H groups in total. The van der Waals surface area contributed by atoms with E-state index in [0.717, 1.165) is 53.7 Å². The number of halogens is 1. The minimum absolute atomic E-state index is 0.194. The lowest BCUT2D eigenvalue weighted by molar-refractivity contribution is -0.132. The number of aromatic amines is 1. The van der Waals surface area contributed by atoms with Crippen LogP contribution in [0.1, 0.15) is 30.9 Å². The highest BCUT2D eigenvalue weighted by Crippen LogP contribution is 2.32. The topological polar surface area (TPSA) is 53.9 Å². The third-order valence-corrected chi connectivity index (χ3v) is 6.30. The van der Waals surface area contributed by atoms with Crippen LogP contribution in [0, 0.1) is 5.82 Å². The summed E-state index contributed by atoms with van der Waals surface area (Å²) in [6.07, 6.45) is 8.68. The fraction of sp³-hybridized carbons (Fsp3) is 0.280. The number of hydrogen-bond donors (Lipinski definition) is 1. The van der Waals surface area contributed by atoms with E-state index >= 15 is 0 Å². The predicted octanol–water partition coefficient (Wildman–Crippen LogP) is 4.97. The van der Waals surface area contributed by atoms with E-state index in [1.807, 2.05) is 35.6 Å². The molecule has 2 aromatic carbocycles. The lowest BCUT2D eigenvalue weighted by atomic mass is 10.00. The molecule has 158 valence electrons. The molecule has 1 amide bonds.